The first-order chi connectivity index (χ1) is 14.1. The summed E-state index contributed by atoms with van der Waals surface area (Å²) < 4.78 is 31.3. The number of sulfonamides is 1. The largest absolute Gasteiger partial charge is 0.493 e. The van der Waals surface area contributed by atoms with Gasteiger partial charge in [0.2, 0.25) is 5.91 Å². The van der Waals surface area contributed by atoms with Crippen LogP contribution in [0.5, 0.6) is 5.75 Å². The van der Waals surface area contributed by atoms with Crippen LogP contribution in [0.3, 0.4) is 0 Å². The van der Waals surface area contributed by atoms with Crippen LogP contribution in [0, 0.1) is 5.92 Å². The second-order valence-corrected chi connectivity index (χ2v) is 8.91. The average Bonchev–Trinajstić information content (AvgIpc) is 2.66. The molecule has 0 aliphatic heterocycles. The van der Waals surface area contributed by atoms with E-state index in [1.54, 1.807) is 24.3 Å². The van der Waals surface area contributed by atoms with E-state index in [9.17, 15) is 18.0 Å². The number of amides is 2. The number of thiocarbonyl (C=S) groups is 1. The Morgan fingerprint density at radius 1 is 1.03 bits per heavy atom. The number of hydrogen-bond acceptors (Lipinski definition) is 6. The lowest BCUT2D eigenvalue weighted by Crippen LogP contribution is -2.34. The molecular formula is C20H23N3O5S2. The molecule has 0 unspecified atom stereocenters. The molecule has 0 atom stereocenters. The zero-order valence-electron chi connectivity index (χ0n) is 16.8. The molecule has 30 heavy (non-hydrogen) atoms. The molecule has 2 aromatic rings. The van der Waals surface area contributed by atoms with E-state index >= 15 is 0 Å². The lowest BCUT2D eigenvalue weighted by Gasteiger charge is -2.11. The minimum Gasteiger partial charge on any atom is -0.493 e. The fourth-order valence-corrected chi connectivity index (χ4v) is 3.47. The molecule has 0 aromatic heterocycles. The molecule has 8 nitrogen and oxygen atoms in total. The molecular weight excluding hydrogens is 426 g/mol. The van der Waals surface area contributed by atoms with Gasteiger partial charge in [-0.2, -0.15) is 0 Å². The quantitative estimate of drug-likeness (QED) is 0.557. The molecule has 0 radical (unpaired) electrons. The topological polar surface area (TPSA) is 114 Å². The summed E-state index contributed by atoms with van der Waals surface area (Å²) in [6.07, 6.45) is 0. The monoisotopic (exact) mass is 449 g/mol. The van der Waals surface area contributed by atoms with Crippen LogP contribution in [0.4, 0.5) is 5.69 Å². The van der Waals surface area contributed by atoms with Crippen molar-refractivity contribution in [1.82, 2.24) is 10.0 Å². The third-order valence-corrected chi connectivity index (χ3v) is 5.28. The van der Waals surface area contributed by atoms with Crippen LogP contribution in [0.15, 0.2) is 53.4 Å². The van der Waals surface area contributed by atoms with Crippen LogP contribution >= 0.6 is 12.2 Å². The average molecular weight is 450 g/mol. The molecule has 0 saturated heterocycles. The molecule has 0 bridgehead atoms. The molecule has 0 saturated carbocycles. The van der Waals surface area contributed by atoms with Crippen molar-refractivity contribution in [2.45, 2.75) is 25.7 Å². The molecule has 2 rings (SSSR count). The minimum atomic E-state index is -3.91. The summed E-state index contributed by atoms with van der Waals surface area (Å²) in [4.78, 5) is 23.2. The summed E-state index contributed by atoms with van der Waals surface area (Å²) in [5, 5.41) is 5.40. The van der Waals surface area contributed by atoms with Crippen LogP contribution in [-0.4, -0.2) is 32.0 Å². The van der Waals surface area contributed by atoms with E-state index in [4.69, 9.17) is 17.0 Å². The highest BCUT2D eigenvalue weighted by molar-refractivity contribution is 7.90. The van der Waals surface area contributed by atoms with Gasteiger partial charge in [0.25, 0.3) is 15.9 Å². The van der Waals surface area contributed by atoms with Crippen LogP contribution in [-0.2, 0) is 14.8 Å². The predicted octanol–water partition coefficient (Wildman–Crippen LogP) is 2.67. The molecule has 0 aliphatic rings. The van der Waals surface area contributed by atoms with Crippen molar-refractivity contribution in [2.75, 3.05) is 11.9 Å². The third kappa shape index (κ3) is 7.12. The Balaban J connectivity index is 1.93. The number of benzene rings is 2. The van der Waals surface area contributed by atoms with Crippen molar-refractivity contribution in [2.24, 2.45) is 5.92 Å². The van der Waals surface area contributed by atoms with E-state index in [0.29, 0.717) is 29.5 Å². The summed E-state index contributed by atoms with van der Waals surface area (Å²) in [6, 6.07) is 12.2. The first-order valence-corrected chi connectivity index (χ1v) is 10.9. The van der Waals surface area contributed by atoms with Gasteiger partial charge in [0.05, 0.1) is 11.5 Å². The zero-order valence-corrected chi connectivity index (χ0v) is 18.4. The SMILES string of the molecule is CC(=O)NS(=O)(=O)c1ccc(NC(=S)NC(=O)c2ccc(OCC(C)C)cc2)cc1. The fourth-order valence-electron chi connectivity index (χ4n) is 2.27. The Bertz CT molecular complexity index is 1020. The number of hydrogen-bond donors (Lipinski definition) is 3. The van der Waals surface area contributed by atoms with Crippen molar-refractivity contribution in [3.05, 3.63) is 54.1 Å². The molecule has 0 aliphatic carbocycles. The number of anilines is 1. The predicted molar refractivity (Wildman–Crippen MR) is 118 cm³/mol. The molecule has 2 amide bonds. The summed E-state index contributed by atoms with van der Waals surface area (Å²) in [5.41, 5.74) is 0.882. The van der Waals surface area contributed by atoms with E-state index in [1.165, 1.54) is 24.3 Å². The normalized spacial score (nSPS) is 10.9. The van der Waals surface area contributed by atoms with E-state index in [1.807, 2.05) is 18.6 Å². The molecule has 0 fully saturated rings. The third-order valence-electron chi connectivity index (χ3n) is 3.63. The standard InChI is InChI=1S/C20H23N3O5S2/c1-13(2)12-28-17-8-4-15(5-9-17)19(25)22-20(29)21-16-6-10-18(11-7-16)30(26,27)23-14(3)24/h4-11,13H,12H2,1-3H3,(H,23,24)(H2,21,22,25,29). The summed E-state index contributed by atoms with van der Waals surface area (Å²) in [6.45, 7) is 5.79. The van der Waals surface area contributed by atoms with Crippen LogP contribution in [0.2, 0.25) is 0 Å². The second kappa shape index (κ2) is 10.2. The van der Waals surface area contributed by atoms with Gasteiger partial charge < -0.3 is 10.1 Å². The number of nitrogens with one attached hydrogen (secondary N) is 3. The van der Waals surface area contributed by atoms with E-state index in [-0.39, 0.29) is 10.0 Å². The van der Waals surface area contributed by atoms with Crippen molar-refractivity contribution < 1.29 is 22.7 Å². The molecule has 10 heteroatoms. The maximum absolute atomic E-state index is 12.3. The van der Waals surface area contributed by atoms with Gasteiger partial charge in [-0.1, -0.05) is 13.8 Å². The fraction of sp³-hybridized carbons (Fsp3) is 0.250. The van der Waals surface area contributed by atoms with Gasteiger partial charge in [-0.25, -0.2) is 13.1 Å². The summed E-state index contributed by atoms with van der Waals surface area (Å²) in [7, 11) is -3.91. The number of carbonyl (C=O) groups is 2. The second-order valence-electron chi connectivity index (χ2n) is 6.82. The lowest BCUT2D eigenvalue weighted by molar-refractivity contribution is -0.117. The minimum absolute atomic E-state index is 0.0533. The number of rotatable bonds is 7. The number of carbonyl (C=O) groups excluding carboxylic acids is 2. The Labute approximate surface area is 181 Å². The van der Waals surface area contributed by atoms with Gasteiger partial charge in [0, 0.05) is 18.2 Å². The first kappa shape index (κ1) is 23.3. The Hall–Kier alpha value is -2.98. The van der Waals surface area contributed by atoms with Gasteiger partial charge in [-0.3, -0.25) is 14.9 Å². The molecule has 0 spiro atoms. The summed E-state index contributed by atoms with van der Waals surface area (Å²) >= 11 is 5.13. The van der Waals surface area contributed by atoms with Gasteiger partial charge in [0.15, 0.2) is 5.11 Å². The summed E-state index contributed by atoms with van der Waals surface area (Å²) in [5.74, 6) is -0.000345. The Morgan fingerprint density at radius 2 is 1.63 bits per heavy atom. The molecule has 160 valence electrons. The van der Waals surface area contributed by atoms with Crippen molar-refractivity contribution in [3.63, 3.8) is 0 Å². The van der Waals surface area contributed by atoms with Gasteiger partial charge >= 0.3 is 0 Å². The van der Waals surface area contributed by atoms with E-state index in [2.05, 4.69) is 10.6 Å². The Morgan fingerprint density at radius 3 is 2.17 bits per heavy atom. The van der Waals surface area contributed by atoms with Gasteiger partial charge in [0.1, 0.15) is 5.75 Å². The van der Waals surface area contributed by atoms with Crippen molar-refractivity contribution in [3.8, 4) is 5.75 Å². The van der Waals surface area contributed by atoms with E-state index < -0.39 is 21.8 Å². The molecule has 0 heterocycles. The van der Waals surface area contributed by atoms with Crippen molar-refractivity contribution in [1.29, 1.82) is 0 Å². The maximum atomic E-state index is 12.3. The Kier molecular flexibility index (Phi) is 7.90. The van der Waals surface area contributed by atoms with Crippen LogP contribution in [0.1, 0.15) is 31.1 Å². The molecule has 3 N–H and O–H groups in total. The first-order valence-electron chi connectivity index (χ1n) is 9.05. The highest BCUT2D eigenvalue weighted by atomic mass is 32.2. The lowest BCUT2D eigenvalue weighted by atomic mass is 10.2. The molecule has 2 aromatic carbocycles. The zero-order chi connectivity index (χ0) is 22.3. The van der Waals surface area contributed by atoms with Crippen molar-refractivity contribution >= 4 is 44.9 Å². The number of ether oxygens (including phenoxy) is 1. The van der Waals surface area contributed by atoms with E-state index in [0.717, 1.165) is 6.92 Å². The van der Waals surface area contributed by atoms with Crippen LogP contribution in [0.25, 0.3) is 0 Å². The van der Waals surface area contributed by atoms with Gasteiger partial charge in [-0.15, -0.1) is 0 Å². The van der Waals surface area contributed by atoms with Crippen LogP contribution < -0.4 is 20.1 Å². The highest BCUT2D eigenvalue weighted by Gasteiger charge is 2.15. The highest BCUT2D eigenvalue weighted by Crippen LogP contribution is 2.15. The smallest absolute Gasteiger partial charge is 0.264 e. The maximum Gasteiger partial charge on any atom is 0.264 e. The van der Waals surface area contributed by atoms with Gasteiger partial charge in [-0.05, 0) is 66.7 Å².